The Morgan fingerprint density at radius 3 is 2.55 bits per heavy atom. The van der Waals surface area contributed by atoms with E-state index < -0.39 is 5.54 Å². The third kappa shape index (κ3) is 4.03. The number of aromatic nitrogens is 1. The first-order valence-corrected chi connectivity index (χ1v) is 11.2. The lowest BCUT2D eigenvalue weighted by Gasteiger charge is -2.42. The van der Waals surface area contributed by atoms with E-state index >= 15 is 0 Å². The molecule has 1 fully saturated rings. The van der Waals surface area contributed by atoms with Crippen molar-refractivity contribution in [2.45, 2.75) is 71.4 Å². The van der Waals surface area contributed by atoms with Crippen molar-refractivity contribution in [1.29, 1.82) is 0 Å². The molecule has 1 aromatic carbocycles. The molecule has 7 heteroatoms. The number of aliphatic hydroxyl groups excluding tert-OH is 1. The highest BCUT2D eigenvalue weighted by Crippen LogP contribution is 2.48. The summed E-state index contributed by atoms with van der Waals surface area (Å²) in [6.07, 6.45) is 5.49. The first-order valence-electron chi connectivity index (χ1n) is 11.2. The van der Waals surface area contributed by atoms with E-state index in [1.807, 2.05) is 26.0 Å². The Labute approximate surface area is 191 Å². The summed E-state index contributed by atoms with van der Waals surface area (Å²) in [5.74, 6) is 1.18. The fourth-order valence-electron chi connectivity index (χ4n) is 5.29. The first-order chi connectivity index (χ1) is 14.4. The number of nitrogens with one attached hydrogen (secondary N) is 2. The predicted molar refractivity (Wildman–Crippen MR) is 128 cm³/mol. The zero-order valence-corrected chi connectivity index (χ0v) is 19.9. The maximum Gasteiger partial charge on any atom is 0.249 e. The lowest BCUT2D eigenvalue weighted by molar-refractivity contribution is -0.125. The standard InChI is InChI=1S/C24H33N3O3.H2S/c1-14(2)21(13-28)26-24(18-8-6-5-7-9-18)19-12-17(10-11-20(19)25-23(24)29)22-15(3)27-30-16(22)4;/h10-12,14,18,21,26,28H,5-9,13H2,1-4H3,(H,25,29);1H2/t21-,24?;/m1./s1. The number of hydrogen-bond acceptors (Lipinski definition) is 5. The summed E-state index contributed by atoms with van der Waals surface area (Å²) in [5.41, 5.74) is 3.84. The van der Waals surface area contributed by atoms with Gasteiger partial charge in [0.25, 0.3) is 0 Å². The van der Waals surface area contributed by atoms with Crippen LogP contribution in [0.15, 0.2) is 22.7 Å². The van der Waals surface area contributed by atoms with Gasteiger partial charge in [-0.2, -0.15) is 13.5 Å². The Hall–Kier alpha value is -1.83. The Morgan fingerprint density at radius 1 is 1.26 bits per heavy atom. The number of carbonyl (C=O) groups excluding carboxylic acids is 1. The number of amides is 1. The molecule has 1 saturated carbocycles. The van der Waals surface area contributed by atoms with Crippen LogP contribution < -0.4 is 10.6 Å². The highest BCUT2D eigenvalue weighted by atomic mass is 32.1. The van der Waals surface area contributed by atoms with Gasteiger partial charge in [-0.3, -0.25) is 10.1 Å². The second-order valence-electron chi connectivity index (χ2n) is 9.23. The second-order valence-corrected chi connectivity index (χ2v) is 9.23. The van der Waals surface area contributed by atoms with Crippen LogP contribution in [-0.2, 0) is 10.3 Å². The van der Waals surface area contributed by atoms with Gasteiger partial charge < -0.3 is 14.9 Å². The van der Waals surface area contributed by atoms with Gasteiger partial charge in [-0.05, 0) is 56.2 Å². The number of aliphatic hydroxyl groups is 1. The summed E-state index contributed by atoms with van der Waals surface area (Å²) in [6.45, 7) is 8.01. The van der Waals surface area contributed by atoms with Crippen molar-refractivity contribution in [2.24, 2.45) is 11.8 Å². The second kappa shape index (κ2) is 9.35. The molecule has 1 amide bonds. The largest absolute Gasteiger partial charge is 0.395 e. The summed E-state index contributed by atoms with van der Waals surface area (Å²) in [7, 11) is 0. The minimum atomic E-state index is -0.831. The van der Waals surface area contributed by atoms with Gasteiger partial charge in [-0.25, -0.2) is 0 Å². The molecule has 2 aromatic rings. The van der Waals surface area contributed by atoms with E-state index in [1.165, 1.54) is 6.42 Å². The van der Waals surface area contributed by atoms with Gasteiger partial charge in [0.05, 0.1) is 12.3 Å². The number of aryl methyl sites for hydroxylation is 2. The molecule has 1 aromatic heterocycles. The third-order valence-electron chi connectivity index (χ3n) is 7.00. The van der Waals surface area contributed by atoms with Crippen molar-refractivity contribution in [3.8, 4) is 11.1 Å². The molecule has 2 atom stereocenters. The van der Waals surface area contributed by atoms with Gasteiger partial charge in [0.1, 0.15) is 11.3 Å². The van der Waals surface area contributed by atoms with Crippen LogP contribution in [0.2, 0.25) is 0 Å². The minimum Gasteiger partial charge on any atom is -0.395 e. The number of carbonyl (C=O) groups is 1. The van der Waals surface area contributed by atoms with Crippen molar-refractivity contribution in [1.82, 2.24) is 10.5 Å². The molecule has 4 rings (SSSR count). The van der Waals surface area contributed by atoms with Crippen molar-refractivity contribution in [2.75, 3.05) is 11.9 Å². The summed E-state index contributed by atoms with van der Waals surface area (Å²) < 4.78 is 5.39. The van der Waals surface area contributed by atoms with E-state index in [-0.39, 0.29) is 43.9 Å². The van der Waals surface area contributed by atoms with Crippen LogP contribution in [-0.4, -0.2) is 28.8 Å². The normalized spacial score (nSPS) is 22.2. The molecule has 0 saturated heterocycles. The molecule has 1 aliphatic carbocycles. The fourth-order valence-corrected chi connectivity index (χ4v) is 5.29. The topological polar surface area (TPSA) is 87.4 Å². The van der Waals surface area contributed by atoms with Gasteiger partial charge in [-0.1, -0.05) is 44.3 Å². The molecule has 1 unspecified atom stereocenters. The number of rotatable bonds is 6. The lowest BCUT2D eigenvalue weighted by Crippen LogP contribution is -2.59. The average molecular weight is 446 g/mol. The molecule has 2 aliphatic rings. The molecule has 31 heavy (non-hydrogen) atoms. The van der Waals surface area contributed by atoms with Crippen LogP contribution in [0, 0.1) is 25.7 Å². The van der Waals surface area contributed by atoms with E-state index in [2.05, 4.69) is 35.7 Å². The maximum absolute atomic E-state index is 13.6. The summed E-state index contributed by atoms with van der Waals surface area (Å²) in [6, 6.07) is 5.97. The highest BCUT2D eigenvalue weighted by molar-refractivity contribution is 7.59. The molecule has 6 nitrogen and oxygen atoms in total. The summed E-state index contributed by atoms with van der Waals surface area (Å²) in [4.78, 5) is 13.6. The Balaban J connectivity index is 0.00000272. The zero-order valence-electron chi connectivity index (χ0n) is 18.9. The number of benzene rings is 1. The molecular formula is C24H35N3O3S. The number of hydrogen-bond donors (Lipinski definition) is 3. The Bertz CT molecular complexity index is 917. The summed E-state index contributed by atoms with van der Waals surface area (Å²) >= 11 is 0. The van der Waals surface area contributed by atoms with Crippen LogP contribution in [0.3, 0.4) is 0 Å². The van der Waals surface area contributed by atoms with Crippen LogP contribution >= 0.6 is 13.5 Å². The van der Waals surface area contributed by atoms with E-state index in [4.69, 9.17) is 4.52 Å². The molecule has 2 heterocycles. The predicted octanol–water partition coefficient (Wildman–Crippen LogP) is 4.41. The van der Waals surface area contributed by atoms with E-state index in [9.17, 15) is 9.90 Å². The third-order valence-corrected chi connectivity index (χ3v) is 7.00. The van der Waals surface area contributed by atoms with Crippen LogP contribution in [0.5, 0.6) is 0 Å². The average Bonchev–Trinajstić information content (AvgIpc) is 3.22. The van der Waals surface area contributed by atoms with Crippen LogP contribution in [0.25, 0.3) is 11.1 Å². The van der Waals surface area contributed by atoms with Gasteiger partial charge >= 0.3 is 0 Å². The smallest absolute Gasteiger partial charge is 0.249 e. The van der Waals surface area contributed by atoms with E-state index in [0.29, 0.717) is 0 Å². The first kappa shape index (κ1) is 23.8. The maximum atomic E-state index is 13.6. The monoisotopic (exact) mass is 445 g/mol. The quantitative estimate of drug-likeness (QED) is 0.613. The molecule has 170 valence electrons. The van der Waals surface area contributed by atoms with Crippen molar-refractivity contribution in [3.63, 3.8) is 0 Å². The lowest BCUT2D eigenvalue weighted by atomic mass is 9.70. The molecule has 1 aliphatic heterocycles. The van der Waals surface area contributed by atoms with Gasteiger partial charge in [0, 0.05) is 22.9 Å². The molecule has 0 bridgehead atoms. The molecule has 0 spiro atoms. The molecular weight excluding hydrogens is 410 g/mol. The Kier molecular flexibility index (Phi) is 7.18. The van der Waals surface area contributed by atoms with Crippen LogP contribution in [0.1, 0.15) is 63.0 Å². The van der Waals surface area contributed by atoms with E-state index in [0.717, 1.165) is 59.5 Å². The zero-order chi connectivity index (χ0) is 21.5. The number of fused-ring (bicyclic) bond motifs is 1. The van der Waals surface area contributed by atoms with Gasteiger partial charge in [-0.15, -0.1) is 0 Å². The Morgan fingerprint density at radius 2 is 1.97 bits per heavy atom. The summed E-state index contributed by atoms with van der Waals surface area (Å²) in [5, 5.41) is 21.0. The van der Waals surface area contributed by atoms with Gasteiger partial charge in [0.15, 0.2) is 0 Å². The fraction of sp³-hybridized carbons (Fsp3) is 0.583. The molecule has 0 radical (unpaired) electrons. The van der Waals surface area contributed by atoms with E-state index in [1.54, 1.807) is 0 Å². The van der Waals surface area contributed by atoms with Crippen molar-refractivity contribution in [3.05, 3.63) is 35.2 Å². The minimum absolute atomic E-state index is 0. The van der Waals surface area contributed by atoms with Crippen LogP contribution in [0.4, 0.5) is 5.69 Å². The molecule has 3 N–H and O–H groups in total. The van der Waals surface area contributed by atoms with Gasteiger partial charge in [0.2, 0.25) is 5.91 Å². The SMILES string of the molecule is Cc1noc(C)c1-c1ccc2c(c1)C(N[C@H](CO)C(C)C)(C1CCCCC1)C(=O)N2.S. The highest BCUT2D eigenvalue weighted by Gasteiger charge is 2.53. The van der Waals surface area contributed by atoms with Crippen molar-refractivity contribution >= 4 is 25.1 Å². The number of anilines is 1. The van der Waals surface area contributed by atoms with Crippen molar-refractivity contribution < 1.29 is 14.4 Å². The number of nitrogens with zero attached hydrogens (tertiary/aromatic N) is 1.